The van der Waals surface area contributed by atoms with Crippen LogP contribution in [0.2, 0.25) is 0 Å². The van der Waals surface area contributed by atoms with Crippen LogP contribution >= 0.6 is 0 Å². The normalized spacial score (nSPS) is 11.0. The standard InChI is InChI=1S/C26H24N4O3/c1-18(31)30-17-21(24-5-3-4-6-25(24)30)16-28-29-26(32)20-9-11-22(12-10-20)27-15-19-7-13-23(33-2)14-8-19/h3-14,16-17,27H,15H2,1-2H3,(H,29,32)/b28-16+. The Morgan fingerprint density at radius 3 is 2.42 bits per heavy atom. The molecule has 0 aliphatic carbocycles. The van der Waals surface area contributed by atoms with Crippen molar-refractivity contribution < 1.29 is 14.3 Å². The molecule has 0 saturated carbocycles. The van der Waals surface area contributed by atoms with E-state index in [4.69, 9.17) is 4.74 Å². The summed E-state index contributed by atoms with van der Waals surface area (Å²) in [4.78, 5) is 24.3. The van der Waals surface area contributed by atoms with Crippen LogP contribution in [0.4, 0.5) is 5.69 Å². The molecule has 0 saturated heterocycles. The van der Waals surface area contributed by atoms with Gasteiger partial charge in [-0.25, -0.2) is 5.43 Å². The number of para-hydroxylation sites is 1. The number of aromatic nitrogens is 1. The summed E-state index contributed by atoms with van der Waals surface area (Å²) in [7, 11) is 1.64. The minimum Gasteiger partial charge on any atom is -0.497 e. The van der Waals surface area contributed by atoms with Crippen LogP contribution in [0.25, 0.3) is 10.9 Å². The highest BCUT2D eigenvalue weighted by atomic mass is 16.5. The van der Waals surface area contributed by atoms with Gasteiger partial charge in [0, 0.05) is 41.9 Å². The molecule has 4 aromatic rings. The molecular weight excluding hydrogens is 416 g/mol. The van der Waals surface area contributed by atoms with Gasteiger partial charge in [-0.3, -0.25) is 14.2 Å². The lowest BCUT2D eigenvalue weighted by Gasteiger charge is -2.08. The first kappa shape index (κ1) is 21.8. The highest BCUT2D eigenvalue weighted by Gasteiger charge is 2.09. The summed E-state index contributed by atoms with van der Waals surface area (Å²) in [5.41, 5.74) is 6.62. The molecule has 3 aromatic carbocycles. The number of rotatable bonds is 7. The molecular formula is C26H24N4O3. The summed E-state index contributed by atoms with van der Waals surface area (Å²) in [5, 5.41) is 8.29. The number of hydrazone groups is 1. The first-order valence-corrected chi connectivity index (χ1v) is 10.5. The highest BCUT2D eigenvalue weighted by molar-refractivity contribution is 6.03. The SMILES string of the molecule is COc1ccc(CNc2ccc(C(=O)N/N=C/c3cn(C(C)=O)c4ccccc34)cc2)cc1. The Morgan fingerprint density at radius 2 is 1.73 bits per heavy atom. The molecule has 0 unspecified atom stereocenters. The zero-order valence-corrected chi connectivity index (χ0v) is 18.4. The number of nitrogens with one attached hydrogen (secondary N) is 2. The molecule has 0 aliphatic heterocycles. The number of anilines is 1. The van der Waals surface area contributed by atoms with Crippen molar-refractivity contribution >= 4 is 34.6 Å². The Bertz CT molecular complexity index is 1310. The van der Waals surface area contributed by atoms with Crippen LogP contribution < -0.4 is 15.5 Å². The molecule has 0 aliphatic rings. The lowest BCUT2D eigenvalue weighted by atomic mass is 10.2. The molecule has 2 N–H and O–H groups in total. The molecule has 0 spiro atoms. The average Bonchev–Trinajstić information content (AvgIpc) is 3.22. The quantitative estimate of drug-likeness (QED) is 0.323. The molecule has 1 heterocycles. The van der Waals surface area contributed by atoms with E-state index in [2.05, 4.69) is 15.8 Å². The molecule has 0 radical (unpaired) electrons. The summed E-state index contributed by atoms with van der Waals surface area (Å²) >= 11 is 0. The first-order valence-electron chi connectivity index (χ1n) is 10.5. The number of carbonyl (C=O) groups excluding carboxylic acids is 2. The van der Waals surface area contributed by atoms with Gasteiger partial charge in [0.15, 0.2) is 0 Å². The molecule has 1 aromatic heterocycles. The monoisotopic (exact) mass is 440 g/mol. The van der Waals surface area contributed by atoms with Crippen molar-refractivity contribution in [2.24, 2.45) is 5.10 Å². The minimum atomic E-state index is -0.316. The van der Waals surface area contributed by atoms with E-state index in [9.17, 15) is 9.59 Å². The molecule has 166 valence electrons. The van der Waals surface area contributed by atoms with Gasteiger partial charge in [-0.15, -0.1) is 0 Å². The smallest absolute Gasteiger partial charge is 0.271 e. The Kier molecular flexibility index (Phi) is 6.50. The predicted octanol–water partition coefficient (Wildman–Crippen LogP) is 4.69. The van der Waals surface area contributed by atoms with E-state index in [0.29, 0.717) is 12.1 Å². The molecule has 1 amide bonds. The Labute approximate surface area is 191 Å². The maximum Gasteiger partial charge on any atom is 0.271 e. The maximum atomic E-state index is 12.4. The van der Waals surface area contributed by atoms with E-state index in [1.807, 2.05) is 60.7 Å². The number of benzene rings is 3. The van der Waals surface area contributed by atoms with Gasteiger partial charge in [-0.1, -0.05) is 30.3 Å². The zero-order valence-electron chi connectivity index (χ0n) is 18.4. The lowest BCUT2D eigenvalue weighted by Crippen LogP contribution is -2.17. The number of methoxy groups -OCH3 is 1. The molecule has 7 nitrogen and oxygen atoms in total. The van der Waals surface area contributed by atoms with Gasteiger partial charge in [0.25, 0.3) is 5.91 Å². The van der Waals surface area contributed by atoms with Gasteiger partial charge in [0.2, 0.25) is 5.91 Å². The lowest BCUT2D eigenvalue weighted by molar-refractivity contribution is 0.0937. The van der Waals surface area contributed by atoms with Crippen molar-refractivity contribution in [1.29, 1.82) is 0 Å². The van der Waals surface area contributed by atoms with Crippen molar-refractivity contribution in [2.45, 2.75) is 13.5 Å². The van der Waals surface area contributed by atoms with Crippen LogP contribution in [-0.2, 0) is 6.54 Å². The second-order valence-corrected chi connectivity index (χ2v) is 7.47. The second-order valence-electron chi connectivity index (χ2n) is 7.47. The van der Waals surface area contributed by atoms with Gasteiger partial charge < -0.3 is 10.1 Å². The Morgan fingerprint density at radius 1 is 1.00 bits per heavy atom. The molecule has 0 bridgehead atoms. The van der Waals surface area contributed by atoms with Crippen molar-refractivity contribution in [1.82, 2.24) is 9.99 Å². The van der Waals surface area contributed by atoms with Gasteiger partial charge in [-0.2, -0.15) is 5.10 Å². The second kappa shape index (κ2) is 9.82. The number of fused-ring (bicyclic) bond motifs is 1. The fraction of sp³-hybridized carbons (Fsp3) is 0.115. The summed E-state index contributed by atoms with van der Waals surface area (Å²) < 4.78 is 6.73. The number of carbonyl (C=O) groups is 2. The summed E-state index contributed by atoms with van der Waals surface area (Å²) in [6, 6.07) is 22.6. The predicted molar refractivity (Wildman–Crippen MR) is 130 cm³/mol. The van der Waals surface area contributed by atoms with E-state index < -0.39 is 0 Å². The summed E-state index contributed by atoms with van der Waals surface area (Å²) in [5.74, 6) is 0.417. The van der Waals surface area contributed by atoms with E-state index in [-0.39, 0.29) is 11.8 Å². The number of nitrogens with zero attached hydrogens (tertiary/aromatic N) is 2. The number of hydrogen-bond acceptors (Lipinski definition) is 5. The van der Waals surface area contributed by atoms with E-state index in [1.54, 1.807) is 36.2 Å². The van der Waals surface area contributed by atoms with E-state index >= 15 is 0 Å². The maximum absolute atomic E-state index is 12.4. The Balaban J connectivity index is 1.36. The summed E-state index contributed by atoms with van der Waals surface area (Å²) in [6.07, 6.45) is 3.26. The molecule has 4 rings (SSSR count). The largest absolute Gasteiger partial charge is 0.497 e. The molecule has 0 fully saturated rings. The minimum absolute atomic E-state index is 0.0874. The van der Waals surface area contributed by atoms with Crippen molar-refractivity contribution in [2.75, 3.05) is 12.4 Å². The average molecular weight is 441 g/mol. The molecule has 33 heavy (non-hydrogen) atoms. The highest BCUT2D eigenvalue weighted by Crippen LogP contribution is 2.20. The van der Waals surface area contributed by atoms with Gasteiger partial charge in [-0.05, 0) is 48.0 Å². The van der Waals surface area contributed by atoms with Gasteiger partial charge in [0.1, 0.15) is 5.75 Å². The van der Waals surface area contributed by atoms with Crippen LogP contribution in [0, 0.1) is 0 Å². The van der Waals surface area contributed by atoms with E-state index in [0.717, 1.165) is 33.5 Å². The fourth-order valence-corrected chi connectivity index (χ4v) is 3.48. The third-order valence-corrected chi connectivity index (χ3v) is 5.25. The van der Waals surface area contributed by atoms with Crippen LogP contribution in [0.5, 0.6) is 5.75 Å². The summed E-state index contributed by atoms with van der Waals surface area (Å²) in [6.45, 7) is 2.17. The third-order valence-electron chi connectivity index (χ3n) is 5.25. The Hall–Kier alpha value is -4.39. The topological polar surface area (TPSA) is 84.7 Å². The fourth-order valence-electron chi connectivity index (χ4n) is 3.48. The number of amides is 1. The van der Waals surface area contributed by atoms with Crippen molar-refractivity contribution in [3.63, 3.8) is 0 Å². The van der Waals surface area contributed by atoms with Crippen LogP contribution in [0.1, 0.15) is 33.2 Å². The third kappa shape index (κ3) is 5.10. The van der Waals surface area contributed by atoms with Crippen molar-refractivity contribution in [3.8, 4) is 5.75 Å². The van der Waals surface area contributed by atoms with Gasteiger partial charge in [0.05, 0.1) is 18.8 Å². The first-order chi connectivity index (χ1) is 16.0. The zero-order chi connectivity index (χ0) is 23.2. The molecule has 0 atom stereocenters. The van der Waals surface area contributed by atoms with Crippen molar-refractivity contribution in [3.05, 3.63) is 95.7 Å². The van der Waals surface area contributed by atoms with Gasteiger partial charge >= 0.3 is 0 Å². The van der Waals surface area contributed by atoms with E-state index in [1.165, 1.54) is 6.92 Å². The van der Waals surface area contributed by atoms with Crippen LogP contribution in [0.3, 0.4) is 0 Å². The number of ether oxygens (including phenoxy) is 1. The van der Waals surface area contributed by atoms with Crippen LogP contribution in [0.15, 0.2) is 84.1 Å². The number of hydrogen-bond donors (Lipinski definition) is 2. The molecule has 7 heteroatoms. The van der Waals surface area contributed by atoms with Crippen LogP contribution in [-0.4, -0.2) is 29.7 Å².